The number of nitro benzene ring substituents is 1. The van der Waals surface area contributed by atoms with Crippen LogP contribution in [0.5, 0.6) is 5.75 Å². The minimum absolute atomic E-state index is 0.107. The standard InChI is InChI=1S/C13H18N2O4/c1-13(2)8-9(5-6-19-13)14-11-4-3-10(16)7-12(11)15(17)18/h3-4,7,9,14,16H,5-6,8H2,1-2H3. The summed E-state index contributed by atoms with van der Waals surface area (Å²) in [6.07, 6.45) is 1.59. The van der Waals surface area contributed by atoms with Crippen LogP contribution in [0.4, 0.5) is 11.4 Å². The molecule has 0 bridgehead atoms. The number of phenolic OH excluding ortho intramolecular Hbond substituents is 1. The number of phenols is 1. The van der Waals surface area contributed by atoms with Crippen LogP contribution in [0.2, 0.25) is 0 Å². The number of hydrogen-bond acceptors (Lipinski definition) is 5. The second-order valence-electron chi connectivity index (χ2n) is 5.40. The summed E-state index contributed by atoms with van der Waals surface area (Å²) in [5.41, 5.74) is 0.108. The Labute approximate surface area is 111 Å². The Morgan fingerprint density at radius 3 is 2.89 bits per heavy atom. The van der Waals surface area contributed by atoms with Gasteiger partial charge < -0.3 is 15.2 Å². The van der Waals surface area contributed by atoms with Gasteiger partial charge in [0.2, 0.25) is 0 Å². The summed E-state index contributed by atoms with van der Waals surface area (Å²) in [6.45, 7) is 4.65. The first-order valence-electron chi connectivity index (χ1n) is 6.25. The average Bonchev–Trinajstić information content (AvgIpc) is 2.30. The topological polar surface area (TPSA) is 84.6 Å². The highest BCUT2D eigenvalue weighted by Gasteiger charge is 2.29. The lowest BCUT2D eigenvalue weighted by Crippen LogP contribution is -2.40. The maximum atomic E-state index is 11.0. The highest BCUT2D eigenvalue weighted by Crippen LogP contribution is 2.32. The third-order valence-electron chi connectivity index (χ3n) is 3.23. The average molecular weight is 266 g/mol. The molecule has 2 rings (SSSR count). The van der Waals surface area contributed by atoms with Crippen molar-refractivity contribution >= 4 is 11.4 Å². The van der Waals surface area contributed by atoms with Crippen LogP contribution in [0.3, 0.4) is 0 Å². The Hall–Kier alpha value is -1.82. The van der Waals surface area contributed by atoms with Crippen LogP contribution in [-0.4, -0.2) is 28.3 Å². The van der Waals surface area contributed by atoms with Gasteiger partial charge in [0.25, 0.3) is 5.69 Å². The molecular weight excluding hydrogens is 248 g/mol. The molecule has 1 aliphatic rings. The normalized spacial score (nSPS) is 21.9. The summed E-state index contributed by atoms with van der Waals surface area (Å²) in [5, 5.41) is 23.5. The number of nitrogens with one attached hydrogen (secondary N) is 1. The summed E-state index contributed by atoms with van der Waals surface area (Å²) in [4.78, 5) is 10.5. The van der Waals surface area contributed by atoms with Gasteiger partial charge in [-0.1, -0.05) is 0 Å². The van der Waals surface area contributed by atoms with Crippen LogP contribution in [0, 0.1) is 10.1 Å². The number of ether oxygens (including phenoxy) is 1. The molecule has 1 aromatic rings. The second kappa shape index (κ2) is 5.05. The van der Waals surface area contributed by atoms with Crippen molar-refractivity contribution in [1.29, 1.82) is 0 Å². The smallest absolute Gasteiger partial charge is 0.296 e. The summed E-state index contributed by atoms with van der Waals surface area (Å²) in [6, 6.07) is 4.27. The molecule has 1 aromatic carbocycles. The first-order chi connectivity index (χ1) is 8.87. The molecule has 1 atom stereocenters. The number of nitrogens with zero attached hydrogens (tertiary/aromatic N) is 1. The molecule has 0 aliphatic carbocycles. The Bertz CT molecular complexity index is 488. The van der Waals surface area contributed by atoms with Crippen LogP contribution in [0.1, 0.15) is 26.7 Å². The van der Waals surface area contributed by atoms with Crippen molar-refractivity contribution in [3.8, 4) is 5.75 Å². The fraction of sp³-hybridized carbons (Fsp3) is 0.538. The van der Waals surface area contributed by atoms with Crippen LogP contribution in [0.15, 0.2) is 18.2 Å². The number of aromatic hydroxyl groups is 1. The number of nitro groups is 1. The highest BCUT2D eigenvalue weighted by molar-refractivity contribution is 5.64. The van der Waals surface area contributed by atoms with E-state index < -0.39 is 4.92 Å². The first kappa shape index (κ1) is 13.6. The molecule has 0 spiro atoms. The second-order valence-corrected chi connectivity index (χ2v) is 5.40. The Morgan fingerprint density at radius 1 is 1.53 bits per heavy atom. The minimum atomic E-state index is -0.494. The maximum Gasteiger partial charge on any atom is 0.296 e. The predicted octanol–water partition coefficient (Wildman–Crippen LogP) is 2.67. The predicted molar refractivity (Wildman–Crippen MR) is 71.4 cm³/mol. The van der Waals surface area contributed by atoms with E-state index in [0.29, 0.717) is 12.3 Å². The van der Waals surface area contributed by atoms with E-state index in [1.165, 1.54) is 12.1 Å². The van der Waals surface area contributed by atoms with Crippen molar-refractivity contribution in [1.82, 2.24) is 0 Å². The Kier molecular flexibility index (Phi) is 3.61. The van der Waals surface area contributed by atoms with Crippen molar-refractivity contribution in [2.75, 3.05) is 11.9 Å². The zero-order valence-electron chi connectivity index (χ0n) is 11.0. The molecule has 0 aromatic heterocycles. The lowest BCUT2D eigenvalue weighted by atomic mass is 9.93. The molecule has 19 heavy (non-hydrogen) atoms. The van der Waals surface area contributed by atoms with Crippen molar-refractivity contribution in [3.05, 3.63) is 28.3 Å². The van der Waals surface area contributed by atoms with Gasteiger partial charge in [0.1, 0.15) is 11.4 Å². The minimum Gasteiger partial charge on any atom is -0.508 e. The van der Waals surface area contributed by atoms with E-state index in [1.807, 2.05) is 13.8 Å². The molecule has 1 aliphatic heterocycles. The largest absolute Gasteiger partial charge is 0.508 e. The van der Waals surface area contributed by atoms with E-state index in [4.69, 9.17) is 4.74 Å². The van der Waals surface area contributed by atoms with Crippen LogP contribution < -0.4 is 5.32 Å². The van der Waals surface area contributed by atoms with Gasteiger partial charge in [-0.3, -0.25) is 10.1 Å². The fourth-order valence-corrected chi connectivity index (χ4v) is 2.37. The zero-order chi connectivity index (χ0) is 14.0. The van der Waals surface area contributed by atoms with Gasteiger partial charge in [-0.2, -0.15) is 0 Å². The van der Waals surface area contributed by atoms with E-state index >= 15 is 0 Å². The van der Waals surface area contributed by atoms with Crippen molar-refractivity contribution in [2.24, 2.45) is 0 Å². The quantitative estimate of drug-likeness (QED) is 0.499. The maximum absolute atomic E-state index is 11.0. The molecule has 1 heterocycles. The van der Waals surface area contributed by atoms with E-state index in [2.05, 4.69) is 5.32 Å². The van der Waals surface area contributed by atoms with E-state index in [9.17, 15) is 15.2 Å². The van der Waals surface area contributed by atoms with Gasteiger partial charge in [-0.25, -0.2) is 0 Å². The van der Waals surface area contributed by atoms with Crippen molar-refractivity contribution in [2.45, 2.75) is 38.3 Å². The monoisotopic (exact) mass is 266 g/mol. The van der Waals surface area contributed by atoms with Gasteiger partial charge in [0.15, 0.2) is 0 Å². The van der Waals surface area contributed by atoms with Gasteiger partial charge >= 0.3 is 0 Å². The molecule has 1 saturated heterocycles. The van der Waals surface area contributed by atoms with E-state index in [1.54, 1.807) is 0 Å². The molecule has 1 unspecified atom stereocenters. The van der Waals surface area contributed by atoms with Crippen LogP contribution in [-0.2, 0) is 4.74 Å². The fourth-order valence-electron chi connectivity index (χ4n) is 2.37. The highest BCUT2D eigenvalue weighted by atomic mass is 16.6. The SMILES string of the molecule is CC1(C)CC(Nc2ccc(O)cc2[N+](=O)[O-])CCO1. The molecule has 6 heteroatoms. The third-order valence-corrected chi connectivity index (χ3v) is 3.23. The van der Waals surface area contributed by atoms with Crippen molar-refractivity contribution in [3.63, 3.8) is 0 Å². The molecule has 104 valence electrons. The van der Waals surface area contributed by atoms with Crippen LogP contribution >= 0.6 is 0 Å². The molecule has 2 N–H and O–H groups in total. The first-order valence-corrected chi connectivity index (χ1v) is 6.25. The van der Waals surface area contributed by atoms with E-state index in [-0.39, 0.29) is 23.1 Å². The molecule has 0 saturated carbocycles. The summed E-state index contributed by atoms with van der Waals surface area (Å²) in [5.74, 6) is -0.107. The molecular formula is C13H18N2O4. The summed E-state index contributed by atoms with van der Waals surface area (Å²) < 4.78 is 5.62. The van der Waals surface area contributed by atoms with Crippen LogP contribution in [0.25, 0.3) is 0 Å². The van der Waals surface area contributed by atoms with Gasteiger partial charge in [0.05, 0.1) is 16.6 Å². The number of benzene rings is 1. The lowest BCUT2D eigenvalue weighted by Gasteiger charge is -2.36. The van der Waals surface area contributed by atoms with Gasteiger partial charge in [0, 0.05) is 12.6 Å². The summed E-state index contributed by atoms with van der Waals surface area (Å²) in [7, 11) is 0. The molecule has 6 nitrogen and oxygen atoms in total. The number of anilines is 1. The van der Waals surface area contributed by atoms with Crippen molar-refractivity contribution < 1.29 is 14.8 Å². The lowest BCUT2D eigenvalue weighted by molar-refractivity contribution is -0.384. The summed E-state index contributed by atoms with van der Waals surface area (Å²) >= 11 is 0. The molecule has 0 amide bonds. The molecule has 1 fully saturated rings. The number of hydrogen-bond donors (Lipinski definition) is 2. The Morgan fingerprint density at radius 2 is 2.26 bits per heavy atom. The zero-order valence-corrected chi connectivity index (χ0v) is 11.0. The Balaban J connectivity index is 2.17. The van der Waals surface area contributed by atoms with Gasteiger partial charge in [-0.15, -0.1) is 0 Å². The third kappa shape index (κ3) is 3.35. The van der Waals surface area contributed by atoms with Gasteiger partial charge in [-0.05, 0) is 38.8 Å². The van der Waals surface area contributed by atoms with E-state index in [0.717, 1.165) is 18.9 Å². The number of rotatable bonds is 3. The molecule has 0 radical (unpaired) electrons.